The molecule has 3 heterocycles. The molecule has 3 aromatic rings. The van der Waals surface area contributed by atoms with Crippen molar-refractivity contribution in [2.75, 3.05) is 10.7 Å². The summed E-state index contributed by atoms with van der Waals surface area (Å²) in [6.07, 6.45) is 13.6. The van der Waals surface area contributed by atoms with Gasteiger partial charge >= 0.3 is 0 Å². The molecule has 30 heavy (non-hydrogen) atoms. The van der Waals surface area contributed by atoms with Gasteiger partial charge in [0.2, 0.25) is 0 Å². The average molecular weight is 405 g/mol. The summed E-state index contributed by atoms with van der Waals surface area (Å²) in [4.78, 5) is 8.92. The van der Waals surface area contributed by atoms with Crippen molar-refractivity contribution in [3.63, 3.8) is 0 Å². The van der Waals surface area contributed by atoms with Gasteiger partial charge < -0.3 is 26.8 Å². The molecule has 1 unspecified atom stereocenters. The van der Waals surface area contributed by atoms with Gasteiger partial charge in [0.05, 0.1) is 5.70 Å². The zero-order valence-corrected chi connectivity index (χ0v) is 17.1. The minimum absolute atomic E-state index is 0.288. The first-order valence-corrected chi connectivity index (χ1v) is 10.5. The number of rotatable bonds is 4. The molecule has 0 saturated heterocycles. The molecule has 156 valence electrons. The lowest BCUT2D eigenvalue weighted by Gasteiger charge is -2.42. The van der Waals surface area contributed by atoms with E-state index in [9.17, 15) is 0 Å². The molecule has 8 heteroatoms. The number of aromatic nitrogens is 4. The van der Waals surface area contributed by atoms with Crippen molar-refractivity contribution in [1.82, 2.24) is 19.2 Å². The summed E-state index contributed by atoms with van der Waals surface area (Å²) in [7, 11) is 1.99. The Balaban J connectivity index is 1.42. The van der Waals surface area contributed by atoms with E-state index >= 15 is 0 Å². The quantitative estimate of drug-likeness (QED) is 0.531. The molecule has 1 atom stereocenters. The molecule has 1 aromatic carbocycles. The maximum atomic E-state index is 6.87. The van der Waals surface area contributed by atoms with Crippen molar-refractivity contribution in [2.24, 2.45) is 24.4 Å². The van der Waals surface area contributed by atoms with Gasteiger partial charge in [0, 0.05) is 55.0 Å². The van der Waals surface area contributed by atoms with Crippen molar-refractivity contribution in [3.05, 3.63) is 61.0 Å². The second kappa shape index (κ2) is 7.30. The predicted molar refractivity (Wildman–Crippen MR) is 119 cm³/mol. The molecule has 0 amide bonds. The normalized spacial score (nSPS) is 25.9. The van der Waals surface area contributed by atoms with Gasteiger partial charge in [0.15, 0.2) is 5.82 Å². The van der Waals surface area contributed by atoms with E-state index in [-0.39, 0.29) is 6.04 Å². The Morgan fingerprint density at radius 3 is 2.43 bits per heavy atom. The lowest BCUT2D eigenvalue weighted by Crippen LogP contribution is -2.58. The highest BCUT2D eigenvalue weighted by Gasteiger charge is 2.39. The monoisotopic (exact) mass is 404 g/mol. The third-order valence-corrected chi connectivity index (χ3v) is 6.27. The number of hydrogen-bond donors (Lipinski definition) is 4. The highest BCUT2D eigenvalue weighted by molar-refractivity contribution is 5.77. The zero-order chi connectivity index (χ0) is 20.7. The van der Waals surface area contributed by atoms with E-state index in [0.717, 1.165) is 54.3 Å². The topological polar surface area (TPSA) is 112 Å². The smallest absolute Gasteiger partial charge is 0.174 e. The molecule has 1 fully saturated rings. The first-order valence-electron chi connectivity index (χ1n) is 10.5. The lowest BCUT2D eigenvalue weighted by molar-refractivity contribution is 0.239. The number of nitrogens with one attached hydrogen (secondary N) is 2. The summed E-state index contributed by atoms with van der Waals surface area (Å²) in [6, 6.07) is 8.53. The first kappa shape index (κ1) is 18.9. The fraction of sp³-hybridized carbons (Fsp3) is 0.364. The summed E-state index contributed by atoms with van der Waals surface area (Å²) >= 11 is 0. The molecule has 0 bridgehead atoms. The van der Waals surface area contributed by atoms with Crippen LogP contribution in [0, 0.1) is 5.92 Å². The van der Waals surface area contributed by atoms with Crippen molar-refractivity contribution in [1.29, 1.82) is 0 Å². The Labute approximate surface area is 176 Å². The van der Waals surface area contributed by atoms with Gasteiger partial charge in [-0.15, -0.1) is 0 Å². The van der Waals surface area contributed by atoms with E-state index in [0.29, 0.717) is 5.92 Å². The third-order valence-electron chi connectivity index (χ3n) is 6.27. The van der Waals surface area contributed by atoms with E-state index in [1.165, 1.54) is 0 Å². The molecule has 6 N–H and O–H groups in total. The largest absolute Gasteiger partial charge is 0.353 e. The van der Waals surface area contributed by atoms with Crippen molar-refractivity contribution in [3.8, 4) is 11.4 Å². The van der Waals surface area contributed by atoms with Crippen LogP contribution < -0.4 is 22.2 Å². The fourth-order valence-corrected chi connectivity index (χ4v) is 4.54. The van der Waals surface area contributed by atoms with Crippen LogP contribution in [0.1, 0.15) is 31.5 Å². The minimum Gasteiger partial charge on any atom is -0.353 e. The molecule has 2 aliphatic rings. The molecule has 8 nitrogen and oxygen atoms in total. The number of aryl methyl sites for hydroxylation is 1. The first-order chi connectivity index (χ1) is 14.5. The number of nitrogens with zero attached hydrogens (tertiary/aromatic N) is 4. The Bertz CT molecular complexity index is 1060. The van der Waals surface area contributed by atoms with Gasteiger partial charge in [0.25, 0.3) is 0 Å². The summed E-state index contributed by atoms with van der Waals surface area (Å²) in [6.45, 7) is 0. The van der Waals surface area contributed by atoms with Gasteiger partial charge in [0.1, 0.15) is 11.5 Å². The number of nitrogens with two attached hydrogens (primary N) is 2. The number of imidazole rings is 2. The second-order valence-corrected chi connectivity index (χ2v) is 8.40. The maximum Gasteiger partial charge on any atom is 0.174 e. The van der Waals surface area contributed by atoms with Crippen molar-refractivity contribution < 1.29 is 0 Å². The standard InChI is InChI=1S/C22H28N8/c1-29-12-10-25-20(29)15-2-8-18(9-3-15)27-19-14-22(24,16-4-6-17(23)7-5-16)28-30-13-11-26-21(19)30/h2-3,8-14,16-17,27-28H,4-7,23-24H2,1H3. The van der Waals surface area contributed by atoms with Crippen LogP contribution in [-0.4, -0.2) is 30.9 Å². The van der Waals surface area contributed by atoms with Crippen molar-refractivity contribution in [2.45, 2.75) is 37.4 Å². The molecule has 1 saturated carbocycles. The van der Waals surface area contributed by atoms with Gasteiger partial charge in [-0.1, -0.05) is 0 Å². The fourth-order valence-electron chi connectivity index (χ4n) is 4.54. The van der Waals surface area contributed by atoms with E-state index in [1.807, 2.05) is 28.7 Å². The Kier molecular flexibility index (Phi) is 4.60. The number of anilines is 1. The minimum atomic E-state index is -0.650. The number of benzene rings is 1. The summed E-state index contributed by atoms with van der Waals surface area (Å²) in [5.41, 5.74) is 18.7. The van der Waals surface area contributed by atoms with Crippen LogP contribution in [0.5, 0.6) is 0 Å². The van der Waals surface area contributed by atoms with Crippen LogP contribution in [0.3, 0.4) is 0 Å². The molecule has 0 spiro atoms. The van der Waals surface area contributed by atoms with E-state index < -0.39 is 5.66 Å². The van der Waals surface area contributed by atoms with Gasteiger partial charge in [-0.2, -0.15) is 0 Å². The third kappa shape index (κ3) is 3.38. The van der Waals surface area contributed by atoms with E-state index in [2.05, 4.69) is 51.1 Å². The molecule has 0 radical (unpaired) electrons. The molecule has 5 rings (SSSR count). The Morgan fingerprint density at radius 1 is 1.03 bits per heavy atom. The SMILES string of the molecule is Cn1ccnc1-c1ccc(NC2=CC(N)(C3CCC(N)CC3)Nn3ccnc32)cc1. The summed E-state index contributed by atoms with van der Waals surface area (Å²) in [5.74, 6) is 2.07. The zero-order valence-electron chi connectivity index (χ0n) is 17.1. The lowest BCUT2D eigenvalue weighted by atomic mass is 9.78. The molecule has 1 aliphatic heterocycles. The Hall–Kier alpha value is -3.10. The highest BCUT2D eigenvalue weighted by Crippen LogP contribution is 2.35. The van der Waals surface area contributed by atoms with E-state index in [1.54, 1.807) is 12.4 Å². The van der Waals surface area contributed by atoms with Crippen LogP contribution in [-0.2, 0) is 7.05 Å². The maximum absolute atomic E-state index is 6.87. The van der Waals surface area contributed by atoms with E-state index in [4.69, 9.17) is 11.5 Å². The van der Waals surface area contributed by atoms with Crippen LogP contribution in [0.2, 0.25) is 0 Å². The summed E-state index contributed by atoms with van der Waals surface area (Å²) in [5, 5.41) is 3.52. The molecular formula is C22H28N8. The molecule has 2 aromatic heterocycles. The molecular weight excluding hydrogens is 376 g/mol. The second-order valence-electron chi connectivity index (χ2n) is 8.40. The van der Waals surface area contributed by atoms with Crippen LogP contribution in [0.15, 0.2) is 55.1 Å². The summed E-state index contributed by atoms with van der Waals surface area (Å²) < 4.78 is 3.92. The van der Waals surface area contributed by atoms with Gasteiger partial charge in [-0.05, 0) is 56.0 Å². The Morgan fingerprint density at radius 2 is 1.73 bits per heavy atom. The molecule has 1 aliphatic carbocycles. The highest BCUT2D eigenvalue weighted by atomic mass is 15.5. The predicted octanol–water partition coefficient (Wildman–Crippen LogP) is 2.47. The van der Waals surface area contributed by atoms with Crippen LogP contribution >= 0.6 is 0 Å². The number of hydrogen-bond acceptors (Lipinski definition) is 6. The van der Waals surface area contributed by atoms with Gasteiger partial charge in [-0.25, -0.2) is 14.6 Å². The van der Waals surface area contributed by atoms with Crippen LogP contribution in [0.4, 0.5) is 5.69 Å². The number of fused-ring (bicyclic) bond motifs is 1. The average Bonchev–Trinajstić information content (AvgIpc) is 3.38. The van der Waals surface area contributed by atoms with Crippen LogP contribution in [0.25, 0.3) is 17.1 Å². The van der Waals surface area contributed by atoms with Crippen molar-refractivity contribution >= 4 is 11.4 Å². The van der Waals surface area contributed by atoms with Gasteiger partial charge in [-0.3, -0.25) is 0 Å².